The maximum Gasteiger partial charge on any atom is 0.495 e. The SMILES string of the molecule is CC1(C)OB(c2ccnc(N3CCN(S(C)(=O)=O)CC3)c2)OC1(C)C. The minimum Gasteiger partial charge on any atom is -0.399 e. The number of rotatable bonds is 3. The summed E-state index contributed by atoms with van der Waals surface area (Å²) in [5.41, 5.74) is 0.152. The minimum atomic E-state index is -3.13. The fraction of sp³-hybridized carbons (Fsp3) is 0.688. The number of aromatic nitrogens is 1. The van der Waals surface area contributed by atoms with Crippen LogP contribution >= 0.6 is 0 Å². The lowest BCUT2D eigenvalue weighted by Gasteiger charge is -2.34. The van der Waals surface area contributed by atoms with Crippen LogP contribution in [0.5, 0.6) is 0 Å². The molecule has 0 aromatic carbocycles. The van der Waals surface area contributed by atoms with E-state index < -0.39 is 17.1 Å². The van der Waals surface area contributed by atoms with Crippen molar-refractivity contribution in [2.45, 2.75) is 38.9 Å². The molecule has 0 radical (unpaired) electrons. The lowest BCUT2D eigenvalue weighted by atomic mass is 9.79. The van der Waals surface area contributed by atoms with E-state index in [0.29, 0.717) is 26.2 Å². The Morgan fingerprint density at radius 1 is 1.08 bits per heavy atom. The molecule has 2 aliphatic heterocycles. The summed E-state index contributed by atoms with van der Waals surface area (Å²) in [6.45, 7) is 10.3. The molecule has 7 nitrogen and oxygen atoms in total. The molecule has 3 rings (SSSR count). The number of hydrogen-bond acceptors (Lipinski definition) is 6. The largest absolute Gasteiger partial charge is 0.495 e. The molecule has 0 saturated carbocycles. The smallest absolute Gasteiger partial charge is 0.399 e. The summed E-state index contributed by atoms with van der Waals surface area (Å²) < 4.78 is 37.0. The fourth-order valence-corrected chi connectivity index (χ4v) is 3.81. The van der Waals surface area contributed by atoms with Gasteiger partial charge < -0.3 is 14.2 Å². The topological polar surface area (TPSA) is 72.0 Å². The Kier molecular flexibility index (Phi) is 4.64. The molecule has 0 unspecified atom stereocenters. The van der Waals surface area contributed by atoms with Crippen molar-refractivity contribution in [2.24, 2.45) is 0 Å². The molecular formula is C16H26BN3O4S. The Morgan fingerprint density at radius 3 is 2.16 bits per heavy atom. The summed E-state index contributed by atoms with van der Waals surface area (Å²) in [6.07, 6.45) is 3.00. The van der Waals surface area contributed by atoms with Crippen molar-refractivity contribution in [3.8, 4) is 0 Å². The summed E-state index contributed by atoms with van der Waals surface area (Å²) in [7, 11) is -3.56. The zero-order chi connectivity index (χ0) is 18.5. The minimum absolute atomic E-state index is 0.387. The van der Waals surface area contributed by atoms with Crippen LogP contribution in [-0.4, -0.2) is 68.5 Å². The average Bonchev–Trinajstić information content (AvgIpc) is 2.75. The lowest BCUT2D eigenvalue weighted by Crippen LogP contribution is -2.49. The monoisotopic (exact) mass is 367 g/mol. The molecule has 0 N–H and O–H groups in total. The first-order chi connectivity index (χ1) is 11.5. The van der Waals surface area contributed by atoms with Crippen LogP contribution in [-0.2, 0) is 19.3 Å². The van der Waals surface area contributed by atoms with Gasteiger partial charge in [0.05, 0.1) is 17.5 Å². The van der Waals surface area contributed by atoms with Gasteiger partial charge in [0.1, 0.15) is 5.82 Å². The molecule has 25 heavy (non-hydrogen) atoms. The van der Waals surface area contributed by atoms with Crippen LogP contribution in [0.15, 0.2) is 18.3 Å². The third-order valence-corrected chi connectivity index (χ3v) is 6.63. The van der Waals surface area contributed by atoms with Crippen LogP contribution in [0, 0.1) is 0 Å². The first-order valence-corrected chi connectivity index (χ1v) is 10.4. The molecule has 2 saturated heterocycles. The van der Waals surface area contributed by atoms with Gasteiger partial charge in [-0.05, 0) is 45.3 Å². The lowest BCUT2D eigenvalue weighted by molar-refractivity contribution is 0.00578. The second-order valence-electron chi connectivity index (χ2n) is 7.68. The number of nitrogens with zero attached hydrogens (tertiary/aromatic N) is 3. The van der Waals surface area contributed by atoms with Gasteiger partial charge in [-0.2, -0.15) is 4.31 Å². The van der Waals surface area contributed by atoms with E-state index in [0.717, 1.165) is 11.3 Å². The van der Waals surface area contributed by atoms with Crippen molar-refractivity contribution < 1.29 is 17.7 Å². The molecule has 9 heteroatoms. The highest BCUT2D eigenvalue weighted by Crippen LogP contribution is 2.36. The van der Waals surface area contributed by atoms with E-state index in [4.69, 9.17) is 9.31 Å². The summed E-state index contributed by atoms with van der Waals surface area (Å²) >= 11 is 0. The third kappa shape index (κ3) is 3.69. The van der Waals surface area contributed by atoms with E-state index in [2.05, 4.69) is 9.88 Å². The maximum atomic E-state index is 11.6. The zero-order valence-corrected chi connectivity index (χ0v) is 16.3. The molecule has 1 aromatic heterocycles. The van der Waals surface area contributed by atoms with Crippen LogP contribution in [0.2, 0.25) is 0 Å². The Bertz CT molecular complexity index is 730. The van der Waals surface area contributed by atoms with Crippen molar-refractivity contribution in [1.82, 2.24) is 9.29 Å². The molecule has 0 spiro atoms. The van der Waals surface area contributed by atoms with Gasteiger partial charge in [0.15, 0.2) is 0 Å². The van der Waals surface area contributed by atoms with Crippen molar-refractivity contribution in [3.05, 3.63) is 18.3 Å². The first-order valence-electron chi connectivity index (χ1n) is 8.51. The van der Waals surface area contributed by atoms with Crippen LogP contribution in [0.4, 0.5) is 5.82 Å². The van der Waals surface area contributed by atoms with Gasteiger partial charge in [-0.1, -0.05) is 0 Å². The normalized spacial score (nSPS) is 23.9. The molecule has 0 bridgehead atoms. The Hall–Kier alpha value is -1.16. The average molecular weight is 367 g/mol. The quantitative estimate of drug-likeness (QED) is 0.723. The van der Waals surface area contributed by atoms with Gasteiger partial charge >= 0.3 is 7.12 Å². The van der Waals surface area contributed by atoms with Gasteiger partial charge in [0.25, 0.3) is 0 Å². The Labute approximate surface area is 150 Å². The van der Waals surface area contributed by atoms with Crippen molar-refractivity contribution in [2.75, 3.05) is 37.3 Å². The van der Waals surface area contributed by atoms with Gasteiger partial charge in [-0.15, -0.1) is 0 Å². The van der Waals surface area contributed by atoms with E-state index in [-0.39, 0.29) is 11.2 Å². The van der Waals surface area contributed by atoms with Crippen molar-refractivity contribution in [1.29, 1.82) is 0 Å². The zero-order valence-electron chi connectivity index (χ0n) is 15.5. The maximum absolute atomic E-state index is 11.6. The first kappa shape index (κ1) is 18.6. The molecule has 0 aliphatic carbocycles. The van der Waals surface area contributed by atoms with Crippen molar-refractivity contribution in [3.63, 3.8) is 0 Å². The number of piperazine rings is 1. The molecule has 1 aromatic rings. The molecule has 2 aliphatic rings. The molecular weight excluding hydrogens is 341 g/mol. The highest BCUT2D eigenvalue weighted by Gasteiger charge is 2.51. The Morgan fingerprint density at radius 2 is 1.64 bits per heavy atom. The second kappa shape index (κ2) is 6.23. The van der Waals surface area contributed by atoms with E-state index in [9.17, 15) is 8.42 Å². The highest BCUT2D eigenvalue weighted by atomic mass is 32.2. The molecule has 0 atom stereocenters. The molecule has 0 amide bonds. The third-order valence-electron chi connectivity index (χ3n) is 5.33. The second-order valence-corrected chi connectivity index (χ2v) is 9.67. The summed E-state index contributed by atoms with van der Waals surface area (Å²) in [5.74, 6) is 0.820. The molecule has 3 heterocycles. The van der Waals surface area contributed by atoms with E-state index in [1.807, 2.05) is 39.8 Å². The van der Waals surface area contributed by atoms with Crippen molar-refractivity contribution >= 4 is 28.4 Å². The molecule has 138 valence electrons. The standard InChI is InChI=1S/C16H26BN3O4S/c1-15(2)16(3,4)24-17(23-15)13-6-7-18-14(12-13)19-8-10-20(11-9-19)25(5,21)22/h6-7,12H,8-11H2,1-5H3. The Balaban J connectivity index is 1.73. The highest BCUT2D eigenvalue weighted by molar-refractivity contribution is 7.88. The van der Waals surface area contributed by atoms with Gasteiger partial charge in [0.2, 0.25) is 10.0 Å². The number of hydrogen-bond donors (Lipinski definition) is 0. The van der Waals surface area contributed by atoms with Gasteiger partial charge in [-0.25, -0.2) is 13.4 Å². The summed E-state index contributed by atoms with van der Waals surface area (Å²) in [5, 5.41) is 0. The number of pyridine rings is 1. The fourth-order valence-electron chi connectivity index (χ4n) is 2.98. The van der Waals surface area contributed by atoms with Crippen LogP contribution in [0.1, 0.15) is 27.7 Å². The van der Waals surface area contributed by atoms with Crippen LogP contribution < -0.4 is 10.4 Å². The van der Waals surface area contributed by atoms with Crippen LogP contribution in [0.25, 0.3) is 0 Å². The predicted molar refractivity (Wildman–Crippen MR) is 98.6 cm³/mol. The summed E-state index contributed by atoms with van der Waals surface area (Å²) in [4.78, 5) is 6.53. The van der Waals surface area contributed by atoms with E-state index in [1.54, 1.807) is 6.20 Å². The van der Waals surface area contributed by atoms with Crippen LogP contribution in [0.3, 0.4) is 0 Å². The van der Waals surface area contributed by atoms with E-state index in [1.165, 1.54) is 10.6 Å². The predicted octanol–water partition coefficient (Wildman–Crippen LogP) is 0.462. The number of anilines is 1. The number of sulfonamides is 1. The molecule has 2 fully saturated rings. The van der Waals surface area contributed by atoms with Gasteiger partial charge in [-0.3, -0.25) is 0 Å². The van der Waals surface area contributed by atoms with Gasteiger partial charge in [0, 0.05) is 32.4 Å². The summed E-state index contributed by atoms with van der Waals surface area (Å²) in [6, 6.07) is 3.87. The van der Waals surface area contributed by atoms with E-state index >= 15 is 0 Å².